The minimum Gasteiger partial charge on any atom is -0.393 e. The van der Waals surface area contributed by atoms with Crippen LogP contribution >= 0.6 is 0 Å². The van der Waals surface area contributed by atoms with Gasteiger partial charge in [0.1, 0.15) is 12.6 Å². The zero-order valence-corrected chi connectivity index (χ0v) is 34.6. The van der Waals surface area contributed by atoms with Crippen LogP contribution in [0.4, 0.5) is 0 Å². The molecule has 3 unspecified atom stereocenters. The van der Waals surface area contributed by atoms with E-state index in [1.807, 2.05) is 116 Å². The molecule has 0 radical (unpaired) electrons. The van der Waals surface area contributed by atoms with E-state index in [-0.39, 0.29) is 23.5 Å². The molecule has 0 aliphatic carbocycles. The largest absolute Gasteiger partial charge is 0.393 e. The second kappa shape index (κ2) is 48.1. The van der Waals surface area contributed by atoms with Crippen LogP contribution in [0.2, 0.25) is 0 Å². The lowest BCUT2D eigenvalue weighted by molar-refractivity contribution is -0.106. The van der Waals surface area contributed by atoms with Gasteiger partial charge in [-0.05, 0) is 79.1 Å². The lowest BCUT2D eigenvalue weighted by Crippen LogP contribution is -2.23. The number of carbonyl (C=O) groups excluding carboxylic acids is 2. The van der Waals surface area contributed by atoms with E-state index in [1.54, 1.807) is 6.92 Å². The lowest BCUT2D eigenvalue weighted by Gasteiger charge is -2.23. The van der Waals surface area contributed by atoms with Crippen LogP contribution in [-0.2, 0) is 9.59 Å². The van der Waals surface area contributed by atoms with Crippen LogP contribution in [0, 0.1) is 22.2 Å². The number of carbonyl (C=O) groups is 2. The number of hydrogen-bond acceptors (Lipinski definition) is 4. The maximum Gasteiger partial charge on any atom is 0.116 e. The molecule has 0 aromatic rings. The predicted octanol–water partition coefficient (Wildman–Crippen LogP) is 12.6. The Kier molecular flexibility index (Phi) is 71.1. The normalized spacial score (nSPS) is 12.0. The highest BCUT2D eigenvalue weighted by molar-refractivity contribution is 5.44. The van der Waals surface area contributed by atoms with E-state index in [0.717, 1.165) is 12.6 Å². The van der Waals surface area contributed by atoms with Gasteiger partial charge in [0, 0.05) is 5.41 Å². The van der Waals surface area contributed by atoms with Crippen LogP contribution in [0.3, 0.4) is 0 Å². The molecule has 0 amide bonds. The SMILES string of the molecule is CC.CC.CC.CC(C)=CC(C)C(C)O.CC=CC(C)(C)C.CC=CC(C)(C)C.CC=CC(C)(C)C(C)O.CC=O.CC=O. The zero-order valence-electron chi connectivity index (χ0n) is 34.6. The number of aliphatic hydroxyl groups is 2. The molecule has 4 nitrogen and oxygen atoms in total. The van der Waals surface area contributed by atoms with E-state index in [1.165, 1.54) is 19.4 Å². The van der Waals surface area contributed by atoms with Gasteiger partial charge >= 0.3 is 0 Å². The van der Waals surface area contributed by atoms with Crippen molar-refractivity contribution in [2.75, 3.05) is 0 Å². The Morgan fingerprint density at radius 3 is 0.818 bits per heavy atom. The number of hydrogen-bond donors (Lipinski definition) is 2. The first-order valence-electron chi connectivity index (χ1n) is 16.7. The minimum atomic E-state index is -0.270. The lowest BCUT2D eigenvalue weighted by atomic mass is 9.87. The molecule has 0 aliphatic heterocycles. The summed E-state index contributed by atoms with van der Waals surface area (Å²) in [5, 5.41) is 18.2. The third kappa shape index (κ3) is 105. The highest BCUT2D eigenvalue weighted by Gasteiger charge is 2.19. The summed E-state index contributed by atoms with van der Waals surface area (Å²) in [6.45, 7) is 47.8. The molecule has 0 bridgehead atoms. The average molecular weight is 631 g/mol. The Labute approximate surface area is 280 Å². The Bertz CT molecular complexity index is 589. The molecule has 0 heterocycles. The Hall–Kier alpha value is -1.78. The summed E-state index contributed by atoms with van der Waals surface area (Å²) in [6.07, 6.45) is 15.6. The summed E-state index contributed by atoms with van der Waals surface area (Å²) in [4.78, 5) is 17.6. The first kappa shape index (κ1) is 65.0. The van der Waals surface area contributed by atoms with E-state index in [9.17, 15) is 0 Å². The van der Waals surface area contributed by atoms with Crippen LogP contribution in [0.5, 0.6) is 0 Å². The molecular formula is C40H86O4. The molecule has 0 spiro atoms. The van der Waals surface area contributed by atoms with Crippen molar-refractivity contribution in [3.63, 3.8) is 0 Å². The molecule has 0 saturated heterocycles. The van der Waals surface area contributed by atoms with Crippen molar-refractivity contribution < 1.29 is 19.8 Å². The van der Waals surface area contributed by atoms with Crippen molar-refractivity contribution in [1.82, 2.24) is 0 Å². The fraction of sp³-hybridized carbons (Fsp3) is 0.750. The van der Waals surface area contributed by atoms with Gasteiger partial charge in [0.25, 0.3) is 0 Å². The fourth-order valence-corrected chi connectivity index (χ4v) is 2.23. The van der Waals surface area contributed by atoms with Gasteiger partial charge in [-0.2, -0.15) is 0 Å². The van der Waals surface area contributed by atoms with Gasteiger partial charge in [0.15, 0.2) is 0 Å². The van der Waals surface area contributed by atoms with E-state index in [0.29, 0.717) is 10.8 Å². The van der Waals surface area contributed by atoms with E-state index in [2.05, 4.69) is 71.9 Å². The number of aldehydes is 2. The standard InChI is InChI=1S/2C8H16O.2C7H14.2C2H4O.3C2H6/c1-6(2)5-7(3)8(4)9;1-5-6-8(3,4)7(2)9;2*1-5-6-7(2,3)4;2*1-2-3;3*1-2/h5,7-9H,1-4H3;5-7,9H,1-4H3;2*5-6H,1-4H3;2*2H,1H3;3*1-2H3. The van der Waals surface area contributed by atoms with Gasteiger partial charge in [-0.1, -0.05) is 152 Å². The molecular weight excluding hydrogens is 544 g/mol. The first-order valence-corrected chi connectivity index (χ1v) is 16.7. The van der Waals surface area contributed by atoms with Crippen molar-refractivity contribution in [1.29, 1.82) is 0 Å². The summed E-state index contributed by atoms with van der Waals surface area (Å²) in [7, 11) is 0. The molecule has 3 atom stereocenters. The van der Waals surface area contributed by atoms with Gasteiger partial charge in [0.05, 0.1) is 12.2 Å². The van der Waals surface area contributed by atoms with Crippen molar-refractivity contribution in [3.8, 4) is 0 Å². The molecule has 44 heavy (non-hydrogen) atoms. The molecule has 0 aromatic heterocycles. The van der Waals surface area contributed by atoms with Crippen molar-refractivity contribution in [2.45, 2.75) is 178 Å². The molecule has 2 N–H and O–H groups in total. The Morgan fingerprint density at radius 1 is 0.545 bits per heavy atom. The van der Waals surface area contributed by atoms with Crippen molar-refractivity contribution >= 4 is 12.6 Å². The molecule has 270 valence electrons. The van der Waals surface area contributed by atoms with Crippen molar-refractivity contribution in [3.05, 3.63) is 48.1 Å². The van der Waals surface area contributed by atoms with Gasteiger partial charge in [-0.25, -0.2) is 0 Å². The third-order valence-electron chi connectivity index (χ3n) is 4.36. The number of allylic oxidation sites excluding steroid dienone is 6. The van der Waals surface area contributed by atoms with Crippen LogP contribution in [0.15, 0.2) is 48.1 Å². The molecule has 0 aliphatic rings. The van der Waals surface area contributed by atoms with E-state index < -0.39 is 0 Å². The maximum absolute atomic E-state index is 9.16. The smallest absolute Gasteiger partial charge is 0.116 e. The van der Waals surface area contributed by atoms with Gasteiger partial charge < -0.3 is 19.8 Å². The van der Waals surface area contributed by atoms with Gasteiger partial charge in [-0.15, -0.1) is 0 Å². The molecule has 0 saturated carbocycles. The summed E-state index contributed by atoms with van der Waals surface area (Å²) in [5.74, 6) is 0.287. The molecule has 0 fully saturated rings. The summed E-state index contributed by atoms with van der Waals surface area (Å²) in [5.41, 5.74) is 1.93. The van der Waals surface area contributed by atoms with E-state index >= 15 is 0 Å². The van der Waals surface area contributed by atoms with Crippen LogP contribution in [0.1, 0.15) is 166 Å². The monoisotopic (exact) mass is 631 g/mol. The maximum atomic E-state index is 9.16. The average Bonchev–Trinajstić information content (AvgIpc) is 2.88. The zero-order chi connectivity index (χ0) is 38.2. The highest BCUT2D eigenvalue weighted by Crippen LogP contribution is 2.21. The Morgan fingerprint density at radius 2 is 0.773 bits per heavy atom. The van der Waals surface area contributed by atoms with Crippen LogP contribution in [-0.4, -0.2) is 35.0 Å². The van der Waals surface area contributed by atoms with Crippen LogP contribution < -0.4 is 0 Å². The number of rotatable bonds is 4. The predicted molar refractivity (Wildman–Crippen MR) is 207 cm³/mol. The Balaban J connectivity index is -0.0000000475. The summed E-state index contributed by atoms with van der Waals surface area (Å²) in [6, 6.07) is 0. The summed E-state index contributed by atoms with van der Waals surface area (Å²) >= 11 is 0. The highest BCUT2D eigenvalue weighted by atomic mass is 16.3. The molecule has 4 heteroatoms. The molecule has 0 aromatic carbocycles. The summed E-state index contributed by atoms with van der Waals surface area (Å²) < 4.78 is 0. The minimum absolute atomic E-state index is 0.0747. The third-order valence-corrected chi connectivity index (χ3v) is 4.36. The van der Waals surface area contributed by atoms with E-state index in [4.69, 9.17) is 19.8 Å². The second-order valence-electron chi connectivity index (χ2n) is 12.0. The number of aliphatic hydroxyl groups excluding tert-OH is 2. The topological polar surface area (TPSA) is 74.6 Å². The van der Waals surface area contributed by atoms with Gasteiger partial charge in [-0.3, -0.25) is 0 Å². The quantitative estimate of drug-likeness (QED) is 0.239. The first-order chi connectivity index (χ1) is 20.0. The van der Waals surface area contributed by atoms with Gasteiger partial charge in [0.2, 0.25) is 0 Å². The van der Waals surface area contributed by atoms with Crippen LogP contribution in [0.25, 0.3) is 0 Å². The fourth-order valence-electron chi connectivity index (χ4n) is 2.23. The second-order valence-corrected chi connectivity index (χ2v) is 12.0. The van der Waals surface area contributed by atoms with Crippen molar-refractivity contribution in [2.24, 2.45) is 22.2 Å². The molecule has 0 rings (SSSR count).